The molecular weight excluding hydrogens is 242 g/mol. The fourth-order valence-electron chi connectivity index (χ4n) is 1.71. The highest BCUT2D eigenvalue weighted by atomic mass is 33.1. The van der Waals surface area contributed by atoms with Crippen molar-refractivity contribution in [2.75, 3.05) is 24.2 Å². The summed E-state index contributed by atoms with van der Waals surface area (Å²) in [5, 5.41) is 18.7. The van der Waals surface area contributed by atoms with E-state index in [0.717, 1.165) is 36.8 Å². The van der Waals surface area contributed by atoms with E-state index in [-0.39, 0.29) is 6.10 Å². The van der Waals surface area contributed by atoms with E-state index in [1.54, 1.807) is 21.6 Å². The minimum absolute atomic E-state index is 0.143. The highest BCUT2D eigenvalue weighted by Crippen LogP contribution is 2.27. The molecule has 4 nitrogen and oxygen atoms in total. The Kier molecular flexibility index (Phi) is 4.31. The van der Waals surface area contributed by atoms with Crippen LogP contribution in [0.1, 0.15) is 12.8 Å². The second kappa shape index (κ2) is 5.75. The maximum atomic E-state index is 9.42. The average Bonchev–Trinajstić information content (AvgIpc) is 2.32. The SMILES string of the molecule is CSSc1ccc(N2CCC(O)CC2)nn1. The van der Waals surface area contributed by atoms with E-state index >= 15 is 0 Å². The van der Waals surface area contributed by atoms with Gasteiger partial charge in [0.15, 0.2) is 5.82 Å². The molecule has 1 aromatic heterocycles. The number of piperidine rings is 1. The number of nitrogens with zero attached hydrogens (tertiary/aromatic N) is 3. The molecule has 1 aliphatic rings. The van der Waals surface area contributed by atoms with Gasteiger partial charge < -0.3 is 10.0 Å². The van der Waals surface area contributed by atoms with Crippen molar-refractivity contribution >= 4 is 27.4 Å². The van der Waals surface area contributed by atoms with Gasteiger partial charge in [0, 0.05) is 13.1 Å². The van der Waals surface area contributed by atoms with Gasteiger partial charge in [-0.05, 0) is 42.0 Å². The number of hydrogen-bond acceptors (Lipinski definition) is 6. The van der Waals surface area contributed by atoms with Crippen LogP contribution < -0.4 is 4.90 Å². The summed E-state index contributed by atoms with van der Waals surface area (Å²) in [5.74, 6) is 0.914. The normalized spacial score (nSPS) is 17.8. The van der Waals surface area contributed by atoms with Crippen LogP contribution in [0.25, 0.3) is 0 Å². The zero-order valence-electron chi connectivity index (χ0n) is 9.17. The molecule has 0 radical (unpaired) electrons. The average molecular weight is 257 g/mol. The summed E-state index contributed by atoms with van der Waals surface area (Å²) < 4.78 is 0. The Labute approximate surface area is 103 Å². The Balaban J connectivity index is 1.98. The van der Waals surface area contributed by atoms with E-state index in [1.165, 1.54) is 0 Å². The molecule has 0 aliphatic carbocycles. The fraction of sp³-hybridized carbons (Fsp3) is 0.600. The van der Waals surface area contributed by atoms with Crippen LogP contribution in [-0.4, -0.2) is 40.8 Å². The van der Waals surface area contributed by atoms with Gasteiger partial charge in [0.05, 0.1) is 6.10 Å². The summed E-state index contributed by atoms with van der Waals surface area (Å²) in [5.41, 5.74) is 0. The lowest BCUT2D eigenvalue weighted by molar-refractivity contribution is 0.145. The first-order valence-corrected chi connectivity index (χ1v) is 7.83. The topological polar surface area (TPSA) is 49.2 Å². The highest BCUT2D eigenvalue weighted by Gasteiger charge is 2.18. The third-order valence-corrected chi connectivity index (χ3v) is 4.15. The minimum atomic E-state index is -0.143. The van der Waals surface area contributed by atoms with Crippen LogP contribution in [0.15, 0.2) is 17.2 Å². The van der Waals surface area contributed by atoms with E-state index in [0.29, 0.717) is 0 Å². The molecular formula is C10H15N3OS2. The lowest BCUT2D eigenvalue weighted by atomic mass is 10.1. The monoisotopic (exact) mass is 257 g/mol. The van der Waals surface area contributed by atoms with E-state index in [9.17, 15) is 5.11 Å². The first-order valence-electron chi connectivity index (χ1n) is 5.27. The molecule has 1 aromatic rings. The maximum absolute atomic E-state index is 9.42. The molecule has 1 aliphatic heterocycles. The lowest BCUT2D eigenvalue weighted by Gasteiger charge is -2.30. The second-order valence-corrected chi connectivity index (χ2v) is 6.12. The van der Waals surface area contributed by atoms with Crippen molar-refractivity contribution in [3.8, 4) is 0 Å². The largest absolute Gasteiger partial charge is 0.393 e. The smallest absolute Gasteiger partial charge is 0.151 e. The molecule has 16 heavy (non-hydrogen) atoms. The van der Waals surface area contributed by atoms with E-state index in [1.807, 2.05) is 18.4 Å². The fourth-order valence-corrected chi connectivity index (χ4v) is 2.85. The molecule has 0 amide bonds. The molecule has 1 N–H and O–H groups in total. The van der Waals surface area contributed by atoms with Crippen molar-refractivity contribution in [2.24, 2.45) is 0 Å². The first-order chi connectivity index (χ1) is 7.79. The Bertz CT molecular complexity index is 325. The molecule has 1 fully saturated rings. The minimum Gasteiger partial charge on any atom is -0.393 e. The van der Waals surface area contributed by atoms with Crippen LogP contribution in [0.3, 0.4) is 0 Å². The van der Waals surface area contributed by atoms with E-state index in [2.05, 4.69) is 15.1 Å². The Morgan fingerprint density at radius 3 is 2.62 bits per heavy atom. The summed E-state index contributed by atoms with van der Waals surface area (Å²) in [4.78, 5) is 2.17. The predicted molar refractivity (Wildman–Crippen MR) is 68.9 cm³/mol. The van der Waals surface area contributed by atoms with E-state index < -0.39 is 0 Å². The third kappa shape index (κ3) is 3.02. The zero-order chi connectivity index (χ0) is 11.4. The van der Waals surface area contributed by atoms with Crippen LogP contribution in [0.5, 0.6) is 0 Å². The van der Waals surface area contributed by atoms with Crippen LogP contribution >= 0.6 is 21.6 Å². The molecule has 0 atom stereocenters. The molecule has 0 aromatic carbocycles. The Morgan fingerprint density at radius 2 is 2.06 bits per heavy atom. The van der Waals surface area contributed by atoms with Crippen LogP contribution in [0, 0.1) is 0 Å². The molecule has 0 bridgehead atoms. The van der Waals surface area contributed by atoms with Crippen molar-refractivity contribution in [2.45, 2.75) is 24.0 Å². The molecule has 2 rings (SSSR count). The van der Waals surface area contributed by atoms with Crippen molar-refractivity contribution in [3.05, 3.63) is 12.1 Å². The van der Waals surface area contributed by atoms with Crippen LogP contribution in [0.2, 0.25) is 0 Å². The summed E-state index contributed by atoms with van der Waals surface area (Å²) in [6, 6.07) is 4.00. The summed E-state index contributed by atoms with van der Waals surface area (Å²) in [6.45, 7) is 1.73. The molecule has 88 valence electrons. The number of rotatable bonds is 3. The van der Waals surface area contributed by atoms with Gasteiger partial charge in [-0.15, -0.1) is 10.2 Å². The number of aliphatic hydroxyl groups is 1. The first kappa shape index (κ1) is 12.0. The van der Waals surface area contributed by atoms with Gasteiger partial charge in [0.1, 0.15) is 5.03 Å². The van der Waals surface area contributed by atoms with Gasteiger partial charge in [-0.1, -0.05) is 10.8 Å². The molecule has 1 saturated heterocycles. The van der Waals surface area contributed by atoms with Crippen molar-refractivity contribution in [1.29, 1.82) is 0 Å². The van der Waals surface area contributed by atoms with Crippen molar-refractivity contribution in [3.63, 3.8) is 0 Å². The van der Waals surface area contributed by atoms with Gasteiger partial charge in [0.25, 0.3) is 0 Å². The number of anilines is 1. The highest BCUT2D eigenvalue weighted by molar-refractivity contribution is 8.76. The van der Waals surface area contributed by atoms with Crippen LogP contribution in [0.4, 0.5) is 5.82 Å². The molecule has 2 heterocycles. The molecule has 6 heteroatoms. The van der Waals surface area contributed by atoms with Crippen LogP contribution in [-0.2, 0) is 0 Å². The maximum Gasteiger partial charge on any atom is 0.151 e. The van der Waals surface area contributed by atoms with Gasteiger partial charge in [-0.2, -0.15) is 0 Å². The summed E-state index contributed by atoms with van der Waals surface area (Å²) in [6.07, 6.45) is 3.52. The molecule has 0 unspecified atom stereocenters. The van der Waals surface area contributed by atoms with Gasteiger partial charge >= 0.3 is 0 Å². The Hall–Kier alpha value is -0.460. The lowest BCUT2D eigenvalue weighted by Crippen LogP contribution is -2.36. The zero-order valence-corrected chi connectivity index (χ0v) is 10.8. The molecule has 0 saturated carbocycles. The quantitative estimate of drug-likeness (QED) is 0.833. The molecule has 0 spiro atoms. The predicted octanol–water partition coefficient (Wildman–Crippen LogP) is 1.81. The second-order valence-electron chi connectivity index (χ2n) is 3.70. The Morgan fingerprint density at radius 1 is 1.31 bits per heavy atom. The standard InChI is InChI=1S/C10H15N3OS2/c1-15-16-10-3-2-9(11-12-10)13-6-4-8(14)5-7-13/h2-3,8,14H,4-7H2,1H3. The van der Waals surface area contributed by atoms with Crippen molar-refractivity contribution in [1.82, 2.24) is 10.2 Å². The van der Waals surface area contributed by atoms with Gasteiger partial charge in [-0.3, -0.25) is 0 Å². The van der Waals surface area contributed by atoms with E-state index in [4.69, 9.17) is 0 Å². The number of aromatic nitrogens is 2. The van der Waals surface area contributed by atoms with Crippen molar-refractivity contribution < 1.29 is 5.11 Å². The van der Waals surface area contributed by atoms with Gasteiger partial charge in [0.2, 0.25) is 0 Å². The number of aliphatic hydroxyl groups excluding tert-OH is 1. The summed E-state index contributed by atoms with van der Waals surface area (Å²) >= 11 is 0. The summed E-state index contributed by atoms with van der Waals surface area (Å²) in [7, 11) is 3.28. The third-order valence-electron chi connectivity index (χ3n) is 2.58. The number of hydrogen-bond donors (Lipinski definition) is 1. The van der Waals surface area contributed by atoms with Gasteiger partial charge in [-0.25, -0.2) is 0 Å².